The third kappa shape index (κ3) is 2.51. The molecule has 4 rings (SSSR count). The summed E-state index contributed by atoms with van der Waals surface area (Å²) in [5.41, 5.74) is 1.20. The van der Waals surface area contributed by atoms with Crippen LogP contribution >= 0.6 is 11.6 Å². The molecule has 0 spiro atoms. The van der Waals surface area contributed by atoms with E-state index in [2.05, 4.69) is 16.3 Å². The second kappa shape index (κ2) is 6.58. The first-order chi connectivity index (χ1) is 12.6. The Morgan fingerprint density at radius 3 is 2.85 bits per heavy atom. The summed E-state index contributed by atoms with van der Waals surface area (Å²) >= 11 is 6.50. The quantitative estimate of drug-likeness (QED) is 0.662. The second-order valence-electron chi connectivity index (χ2n) is 6.60. The van der Waals surface area contributed by atoms with E-state index in [1.807, 2.05) is 28.8 Å². The maximum Gasteiger partial charge on any atom is 0.205 e. The fourth-order valence-corrected chi connectivity index (χ4v) is 4.09. The normalized spacial score (nSPS) is 15.3. The van der Waals surface area contributed by atoms with Gasteiger partial charge in [0.2, 0.25) is 5.78 Å². The highest BCUT2D eigenvalue weighted by atomic mass is 35.5. The zero-order valence-electron chi connectivity index (χ0n) is 14.4. The SMILES string of the molecule is Cn1c(C(=O)C(C#N)c2nnc3n2CCCCC3)c(Cl)c2ccccc21. The number of carbonyl (C=O) groups excluding carboxylic acids is 1. The number of hydrogen-bond donors (Lipinski definition) is 0. The summed E-state index contributed by atoms with van der Waals surface area (Å²) in [6.45, 7) is 0.742. The topological polar surface area (TPSA) is 76.5 Å². The average molecular weight is 368 g/mol. The largest absolute Gasteiger partial charge is 0.340 e. The van der Waals surface area contributed by atoms with Crippen molar-refractivity contribution >= 4 is 28.3 Å². The molecule has 1 aromatic carbocycles. The number of para-hydroxylation sites is 1. The number of aryl methyl sites for hydroxylation is 2. The van der Waals surface area contributed by atoms with Gasteiger partial charge in [-0.15, -0.1) is 10.2 Å². The van der Waals surface area contributed by atoms with Gasteiger partial charge < -0.3 is 9.13 Å². The molecule has 0 amide bonds. The van der Waals surface area contributed by atoms with Gasteiger partial charge in [-0.25, -0.2) is 0 Å². The van der Waals surface area contributed by atoms with E-state index in [1.54, 1.807) is 11.6 Å². The molecule has 0 fully saturated rings. The molecule has 3 aromatic rings. The highest BCUT2D eigenvalue weighted by Crippen LogP contribution is 2.33. The van der Waals surface area contributed by atoms with Crippen LogP contribution in [-0.2, 0) is 20.0 Å². The lowest BCUT2D eigenvalue weighted by atomic mass is 10.0. The van der Waals surface area contributed by atoms with Crippen LogP contribution < -0.4 is 0 Å². The minimum Gasteiger partial charge on any atom is -0.340 e. The Morgan fingerprint density at radius 2 is 2.08 bits per heavy atom. The Kier molecular flexibility index (Phi) is 4.25. The fraction of sp³-hybridized carbons (Fsp3) is 0.368. The first-order valence-electron chi connectivity index (χ1n) is 8.72. The maximum absolute atomic E-state index is 13.2. The smallest absolute Gasteiger partial charge is 0.205 e. The number of halogens is 1. The molecular weight excluding hydrogens is 350 g/mol. The van der Waals surface area contributed by atoms with Gasteiger partial charge in [0, 0.05) is 30.9 Å². The minimum atomic E-state index is -1.02. The highest BCUT2D eigenvalue weighted by molar-refractivity contribution is 6.39. The second-order valence-corrected chi connectivity index (χ2v) is 6.98. The molecule has 0 saturated carbocycles. The lowest BCUT2D eigenvalue weighted by molar-refractivity contribution is 0.0967. The molecule has 6 nitrogen and oxygen atoms in total. The van der Waals surface area contributed by atoms with Gasteiger partial charge >= 0.3 is 0 Å². The first-order valence-corrected chi connectivity index (χ1v) is 9.10. The predicted octanol–water partition coefficient (Wildman–Crippen LogP) is 3.64. The van der Waals surface area contributed by atoms with Gasteiger partial charge in [0.25, 0.3) is 0 Å². The fourth-order valence-electron chi connectivity index (χ4n) is 3.71. The van der Waals surface area contributed by atoms with E-state index in [0.29, 0.717) is 16.5 Å². The van der Waals surface area contributed by atoms with E-state index in [4.69, 9.17) is 11.6 Å². The molecule has 1 atom stereocenters. The van der Waals surface area contributed by atoms with E-state index in [9.17, 15) is 10.1 Å². The van der Waals surface area contributed by atoms with Crippen molar-refractivity contribution < 1.29 is 4.79 Å². The van der Waals surface area contributed by atoms with Gasteiger partial charge in [-0.1, -0.05) is 36.2 Å². The Bertz CT molecular complexity index is 1000. The summed E-state index contributed by atoms with van der Waals surface area (Å²) in [4.78, 5) is 13.2. The molecule has 0 saturated heterocycles. The number of nitrogens with zero attached hydrogens (tertiary/aromatic N) is 5. The third-order valence-electron chi connectivity index (χ3n) is 5.07. The Labute approximate surface area is 156 Å². The van der Waals surface area contributed by atoms with E-state index < -0.39 is 5.92 Å². The summed E-state index contributed by atoms with van der Waals surface area (Å²) < 4.78 is 3.69. The Balaban J connectivity index is 1.81. The van der Waals surface area contributed by atoms with Crippen LogP contribution in [0.1, 0.15) is 47.3 Å². The van der Waals surface area contributed by atoms with Crippen LogP contribution in [0.3, 0.4) is 0 Å². The number of rotatable bonds is 3. The van der Waals surface area contributed by atoms with Crippen molar-refractivity contribution in [2.24, 2.45) is 7.05 Å². The number of Topliss-reactive ketones (excluding diaryl/α,β-unsaturated/α-hetero) is 1. The molecule has 1 aliphatic rings. The summed E-state index contributed by atoms with van der Waals surface area (Å²) in [5.74, 6) is -0.0741. The van der Waals surface area contributed by atoms with Crippen LogP contribution in [0.15, 0.2) is 24.3 Å². The van der Waals surface area contributed by atoms with Crippen molar-refractivity contribution in [2.75, 3.05) is 0 Å². The van der Waals surface area contributed by atoms with Crippen molar-refractivity contribution in [1.82, 2.24) is 19.3 Å². The lowest BCUT2D eigenvalue weighted by Crippen LogP contribution is -2.20. The van der Waals surface area contributed by atoms with E-state index in [1.165, 1.54) is 0 Å². The molecule has 0 aliphatic carbocycles. The highest BCUT2D eigenvalue weighted by Gasteiger charge is 2.32. The summed E-state index contributed by atoms with van der Waals surface area (Å²) in [5, 5.41) is 19.3. The Morgan fingerprint density at radius 1 is 1.27 bits per heavy atom. The lowest BCUT2D eigenvalue weighted by Gasteiger charge is -2.12. The molecule has 7 heteroatoms. The predicted molar refractivity (Wildman–Crippen MR) is 98.2 cm³/mol. The van der Waals surface area contributed by atoms with Gasteiger partial charge in [0.1, 0.15) is 11.5 Å². The molecule has 1 unspecified atom stereocenters. The number of nitriles is 1. The summed E-state index contributed by atoms with van der Waals surface area (Å²) in [6, 6.07) is 9.68. The van der Waals surface area contributed by atoms with Crippen LogP contribution in [0.25, 0.3) is 10.9 Å². The molecule has 26 heavy (non-hydrogen) atoms. The monoisotopic (exact) mass is 367 g/mol. The minimum absolute atomic E-state index is 0.337. The van der Waals surface area contributed by atoms with Crippen molar-refractivity contribution in [3.63, 3.8) is 0 Å². The van der Waals surface area contributed by atoms with Crippen LogP contribution in [0.4, 0.5) is 0 Å². The number of carbonyl (C=O) groups is 1. The molecule has 0 bridgehead atoms. The molecular formula is C19H18ClN5O. The van der Waals surface area contributed by atoms with Gasteiger partial charge in [0.15, 0.2) is 11.7 Å². The van der Waals surface area contributed by atoms with Gasteiger partial charge in [0.05, 0.1) is 11.1 Å². The molecule has 132 valence electrons. The van der Waals surface area contributed by atoms with Gasteiger partial charge in [-0.3, -0.25) is 4.79 Å². The number of fused-ring (bicyclic) bond motifs is 2. The average Bonchev–Trinajstić information content (AvgIpc) is 3.04. The number of benzene rings is 1. The van der Waals surface area contributed by atoms with Gasteiger partial charge in [-0.2, -0.15) is 5.26 Å². The van der Waals surface area contributed by atoms with Gasteiger partial charge in [-0.05, 0) is 18.9 Å². The molecule has 1 aliphatic heterocycles. The molecule has 3 heterocycles. The van der Waals surface area contributed by atoms with Crippen LogP contribution in [0.2, 0.25) is 5.02 Å². The molecule has 2 aromatic heterocycles. The first kappa shape index (κ1) is 16.8. The number of ketones is 1. The van der Waals surface area contributed by atoms with Crippen molar-refractivity contribution in [3.8, 4) is 6.07 Å². The zero-order valence-corrected chi connectivity index (χ0v) is 15.2. The summed E-state index contributed by atoms with van der Waals surface area (Å²) in [6.07, 6.45) is 3.99. The number of aromatic nitrogens is 4. The summed E-state index contributed by atoms with van der Waals surface area (Å²) in [7, 11) is 1.79. The van der Waals surface area contributed by atoms with Crippen molar-refractivity contribution in [3.05, 3.63) is 46.6 Å². The van der Waals surface area contributed by atoms with Crippen LogP contribution in [0.5, 0.6) is 0 Å². The van der Waals surface area contributed by atoms with Crippen LogP contribution in [0, 0.1) is 11.3 Å². The van der Waals surface area contributed by atoms with Crippen molar-refractivity contribution in [1.29, 1.82) is 5.26 Å². The molecule has 0 radical (unpaired) electrons. The third-order valence-corrected chi connectivity index (χ3v) is 5.45. The Hall–Kier alpha value is -2.65. The van der Waals surface area contributed by atoms with E-state index in [-0.39, 0.29) is 5.78 Å². The number of hydrogen-bond acceptors (Lipinski definition) is 4. The van der Waals surface area contributed by atoms with E-state index in [0.717, 1.165) is 49.0 Å². The zero-order chi connectivity index (χ0) is 18.3. The van der Waals surface area contributed by atoms with Crippen molar-refractivity contribution in [2.45, 2.75) is 38.1 Å². The standard InChI is InChI=1S/C19H18ClN5O/c1-24-14-8-5-4-7-12(14)16(20)17(24)18(26)13(11-21)19-23-22-15-9-3-2-6-10-25(15)19/h4-5,7-8,13H,2-3,6,9-10H2,1H3. The maximum atomic E-state index is 13.2. The van der Waals surface area contributed by atoms with Crippen LogP contribution in [-0.4, -0.2) is 25.1 Å². The van der Waals surface area contributed by atoms with E-state index >= 15 is 0 Å². The molecule has 0 N–H and O–H groups in total.